The maximum absolute atomic E-state index is 13.2. The second-order valence-corrected chi connectivity index (χ2v) is 9.26. The van der Waals surface area contributed by atoms with Crippen LogP contribution in [0.5, 0.6) is 0 Å². The molecule has 2 aliphatic heterocycles. The van der Waals surface area contributed by atoms with Gasteiger partial charge in [0.2, 0.25) is 0 Å². The predicted molar refractivity (Wildman–Crippen MR) is 122 cm³/mol. The van der Waals surface area contributed by atoms with E-state index >= 15 is 0 Å². The van der Waals surface area contributed by atoms with E-state index in [0.717, 1.165) is 48.5 Å². The van der Waals surface area contributed by atoms with Crippen molar-refractivity contribution in [2.24, 2.45) is 0 Å². The van der Waals surface area contributed by atoms with E-state index in [4.69, 9.17) is 4.98 Å². The average Bonchev–Trinajstić information content (AvgIpc) is 3.23. The number of carbonyl (C=O) groups excluding carboxylic acids is 1. The first-order valence-electron chi connectivity index (χ1n) is 11.5. The van der Waals surface area contributed by atoms with Crippen LogP contribution in [0.25, 0.3) is 5.65 Å². The van der Waals surface area contributed by atoms with Crippen molar-refractivity contribution in [2.75, 3.05) is 19.6 Å². The third-order valence-corrected chi connectivity index (χ3v) is 7.00. The molecule has 1 N–H and O–H groups in total. The Balaban J connectivity index is 1.34. The molecule has 32 heavy (non-hydrogen) atoms. The quantitative estimate of drug-likeness (QED) is 0.685. The summed E-state index contributed by atoms with van der Waals surface area (Å²) in [5.41, 5.74) is 4.93. The van der Waals surface area contributed by atoms with Crippen LogP contribution >= 0.6 is 0 Å². The number of piperidine rings is 1. The van der Waals surface area contributed by atoms with Crippen LogP contribution in [-0.4, -0.2) is 61.0 Å². The summed E-state index contributed by atoms with van der Waals surface area (Å²) in [6.45, 7) is 9.17. The molecule has 8 nitrogen and oxygen atoms in total. The van der Waals surface area contributed by atoms with Gasteiger partial charge in [0.15, 0.2) is 5.65 Å². The van der Waals surface area contributed by atoms with Gasteiger partial charge in [-0.3, -0.25) is 24.6 Å². The minimum absolute atomic E-state index is 0.0151. The summed E-state index contributed by atoms with van der Waals surface area (Å²) in [5.74, 6) is 0.324. The van der Waals surface area contributed by atoms with Crippen molar-refractivity contribution in [1.29, 1.82) is 0 Å². The van der Waals surface area contributed by atoms with Crippen LogP contribution in [0.15, 0.2) is 29.2 Å². The van der Waals surface area contributed by atoms with Gasteiger partial charge in [0.25, 0.3) is 11.5 Å². The summed E-state index contributed by atoms with van der Waals surface area (Å²) in [7, 11) is 0. The van der Waals surface area contributed by atoms with Crippen molar-refractivity contribution < 1.29 is 4.79 Å². The maximum Gasteiger partial charge on any atom is 0.277 e. The highest BCUT2D eigenvalue weighted by Gasteiger charge is 2.28. The highest BCUT2D eigenvalue weighted by Crippen LogP contribution is 2.29. The summed E-state index contributed by atoms with van der Waals surface area (Å²) in [5, 5.41) is 3.32. The van der Waals surface area contributed by atoms with Crippen molar-refractivity contribution in [3.8, 4) is 0 Å². The van der Waals surface area contributed by atoms with Crippen LogP contribution in [0.4, 0.5) is 0 Å². The molecule has 5 heterocycles. The van der Waals surface area contributed by atoms with E-state index in [1.807, 2.05) is 30.0 Å². The molecule has 0 saturated carbocycles. The molecule has 1 saturated heterocycles. The van der Waals surface area contributed by atoms with Gasteiger partial charge in [-0.15, -0.1) is 0 Å². The third kappa shape index (κ3) is 3.62. The van der Waals surface area contributed by atoms with Crippen molar-refractivity contribution in [3.05, 3.63) is 63.0 Å². The van der Waals surface area contributed by atoms with Gasteiger partial charge in [-0.25, -0.2) is 9.50 Å². The lowest BCUT2D eigenvalue weighted by Crippen LogP contribution is -2.40. The van der Waals surface area contributed by atoms with E-state index in [0.29, 0.717) is 36.9 Å². The lowest BCUT2D eigenvalue weighted by Gasteiger charge is -2.31. The van der Waals surface area contributed by atoms with Gasteiger partial charge in [-0.05, 0) is 45.7 Å². The van der Waals surface area contributed by atoms with E-state index in [9.17, 15) is 9.59 Å². The minimum atomic E-state index is 0.0151. The van der Waals surface area contributed by atoms with Crippen molar-refractivity contribution in [3.63, 3.8) is 0 Å². The van der Waals surface area contributed by atoms with Crippen LogP contribution in [0, 0.1) is 6.92 Å². The van der Waals surface area contributed by atoms with E-state index in [-0.39, 0.29) is 17.4 Å². The fourth-order valence-electron chi connectivity index (χ4n) is 4.94. The molecule has 0 aliphatic carbocycles. The van der Waals surface area contributed by atoms with Gasteiger partial charge >= 0.3 is 0 Å². The predicted octanol–water partition coefficient (Wildman–Crippen LogP) is 2.51. The summed E-state index contributed by atoms with van der Waals surface area (Å²) < 4.78 is 1.61. The molecule has 5 rings (SSSR count). The Morgan fingerprint density at radius 1 is 1.22 bits per heavy atom. The number of amides is 1. The largest absolute Gasteiger partial charge is 0.339 e. The fraction of sp³-hybridized carbons (Fsp3) is 0.500. The van der Waals surface area contributed by atoms with Gasteiger partial charge in [-0.2, -0.15) is 0 Å². The first-order chi connectivity index (χ1) is 15.4. The van der Waals surface area contributed by atoms with Gasteiger partial charge in [0, 0.05) is 68.2 Å². The van der Waals surface area contributed by atoms with Gasteiger partial charge < -0.3 is 4.90 Å². The molecule has 0 aromatic carbocycles. The summed E-state index contributed by atoms with van der Waals surface area (Å²) in [4.78, 5) is 39.3. The Hall–Kier alpha value is -3.00. The van der Waals surface area contributed by atoms with Crippen LogP contribution in [0.3, 0.4) is 0 Å². The standard InChI is InChI=1S/C24H30N6O2/c1-15(2)29-12-8-20-19(14-29)24(32)30-22(26-20)13-21(27-30)17-6-10-28(11-7-17)23(31)18-5-4-9-25-16(18)3/h4-5,9,13,15,17,27H,6-8,10-12,14H2,1-3H3. The smallest absolute Gasteiger partial charge is 0.277 e. The lowest BCUT2D eigenvalue weighted by atomic mass is 9.93. The van der Waals surface area contributed by atoms with Crippen molar-refractivity contribution >= 4 is 11.6 Å². The number of nitrogens with one attached hydrogen (secondary N) is 1. The molecule has 3 aromatic rings. The molecule has 0 bridgehead atoms. The number of aryl methyl sites for hydroxylation is 1. The van der Waals surface area contributed by atoms with Gasteiger partial charge in [0.05, 0.1) is 16.8 Å². The Kier molecular flexibility index (Phi) is 5.33. The minimum Gasteiger partial charge on any atom is -0.339 e. The summed E-state index contributed by atoms with van der Waals surface area (Å²) in [6, 6.07) is 6.08. The van der Waals surface area contributed by atoms with Crippen molar-refractivity contribution in [1.82, 2.24) is 29.4 Å². The van der Waals surface area contributed by atoms with Crippen molar-refractivity contribution in [2.45, 2.75) is 58.5 Å². The first kappa shape index (κ1) is 20.9. The topological polar surface area (TPSA) is 86.6 Å². The molecule has 1 fully saturated rings. The van der Waals surface area contributed by atoms with E-state index in [1.165, 1.54) is 0 Å². The van der Waals surface area contributed by atoms with Crippen LogP contribution in [0.2, 0.25) is 0 Å². The number of likely N-dealkylation sites (tertiary alicyclic amines) is 1. The number of hydrogen-bond acceptors (Lipinski definition) is 5. The fourth-order valence-corrected chi connectivity index (χ4v) is 4.94. The normalized spacial score (nSPS) is 17.8. The molecule has 0 unspecified atom stereocenters. The second kappa shape index (κ2) is 8.16. The number of H-pyrrole nitrogens is 1. The summed E-state index contributed by atoms with van der Waals surface area (Å²) >= 11 is 0. The molecule has 8 heteroatoms. The summed E-state index contributed by atoms with van der Waals surface area (Å²) in [6.07, 6.45) is 4.23. The molecule has 3 aromatic heterocycles. The number of hydrogen-bond donors (Lipinski definition) is 1. The highest BCUT2D eigenvalue weighted by molar-refractivity contribution is 5.95. The van der Waals surface area contributed by atoms with Gasteiger partial charge in [0.1, 0.15) is 0 Å². The molecule has 0 atom stereocenters. The highest BCUT2D eigenvalue weighted by atomic mass is 16.2. The zero-order valence-electron chi connectivity index (χ0n) is 19.0. The SMILES string of the molecule is Cc1ncccc1C(=O)N1CCC(c2cc3nc4c(c(=O)n3[nH]2)CN(C(C)C)CC4)CC1. The zero-order chi connectivity index (χ0) is 22.4. The van der Waals surface area contributed by atoms with Crippen LogP contribution < -0.4 is 5.56 Å². The molecule has 1 amide bonds. The first-order valence-corrected chi connectivity index (χ1v) is 11.5. The molecule has 0 spiro atoms. The van der Waals surface area contributed by atoms with Crippen LogP contribution in [0.1, 0.15) is 65.6 Å². The Labute approximate surface area is 187 Å². The molecule has 168 valence electrons. The molecular formula is C24H30N6O2. The number of fused-ring (bicyclic) bond motifs is 2. The Morgan fingerprint density at radius 3 is 2.72 bits per heavy atom. The van der Waals surface area contributed by atoms with Gasteiger partial charge in [-0.1, -0.05) is 0 Å². The van der Waals surface area contributed by atoms with E-state index < -0.39 is 0 Å². The zero-order valence-corrected chi connectivity index (χ0v) is 19.0. The number of aromatic nitrogens is 4. The molecule has 0 radical (unpaired) electrons. The number of nitrogens with zero attached hydrogens (tertiary/aromatic N) is 5. The number of aromatic amines is 1. The number of rotatable bonds is 3. The van der Waals surface area contributed by atoms with E-state index in [1.54, 1.807) is 10.7 Å². The average molecular weight is 435 g/mol. The molecular weight excluding hydrogens is 404 g/mol. The monoisotopic (exact) mass is 434 g/mol. The maximum atomic E-state index is 13.2. The second-order valence-electron chi connectivity index (χ2n) is 9.26. The Bertz CT molecular complexity index is 1220. The van der Waals surface area contributed by atoms with Crippen LogP contribution in [-0.2, 0) is 13.0 Å². The molecule has 2 aliphatic rings. The number of pyridine rings is 1. The third-order valence-electron chi connectivity index (χ3n) is 7.00. The lowest BCUT2D eigenvalue weighted by molar-refractivity contribution is 0.0711. The number of carbonyl (C=O) groups is 1. The Morgan fingerprint density at radius 2 is 2.00 bits per heavy atom. The van der Waals surface area contributed by atoms with E-state index in [2.05, 4.69) is 28.8 Å².